The molecule has 6 nitrogen and oxygen atoms in total. The first-order valence-corrected chi connectivity index (χ1v) is 4.39. The van der Waals surface area contributed by atoms with Gasteiger partial charge in [-0.05, 0) is 12.8 Å². The largest absolute Gasteiger partial charge is 0.473 e. The maximum Gasteiger partial charge on any atom is 0.414 e. The highest BCUT2D eigenvalue weighted by Crippen LogP contribution is 2.20. The van der Waals surface area contributed by atoms with E-state index in [0.717, 1.165) is 12.8 Å². The molecule has 1 aliphatic rings. The lowest BCUT2D eigenvalue weighted by Crippen LogP contribution is -2.50. The number of hydrogen-bond donors (Lipinski definition) is 4. The van der Waals surface area contributed by atoms with Crippen molar-refractivity contribution in [2.75, 3.05) is 0 Å². The summed E-state index contributed by atoms with van der Waals surface area (Å²) in [6.07, 6.45) is 5.76. The summed E-state index contributed by atoms with van der Waals surface area (Å²) in [7, 11) is 0. The molecule has 14 heavy (non-hydrogen) atoms. The summed E-state index contributed by atoms with van der Waals surface area (Å²) < 4.78 is 0. The fourth-order valence-electron chi connectivity index (χ4n) is 1.21. The highest BCUT2D eigenvalue weighted by atomic mass is 16.4. The number of carboxylic acid groups (broad SMARTS) is 2. The van der Waals surface area contributed by atoms with Gasteiger partial charge in [0.25, 0.3) is 0 Å². The molecule has 0 aliphatic heterocycles. The van der Waals surface area contributed by atoms with E-state index in [0.29, 0.717) is 0 Å². The number of carbonyl (C=O) groups is 2. The van der Waals surface area contributed by atoms with Crippen LogP contribution in [0.25, 0.3) is 0 Å². The van der Waals surface area contributed by atoms with Gasteiger partial charge in [0.15, 0.2) is 0 Å². The number of rotatable bonds is 0. The standard InChI is InChI=1S/C6H14N2.C2H2O4/c7-6(8)4-2-1-3-5-6;3-1(4)2(5)6/h1-5,7-8H2;(H,3,4)(H,5,6). The molecule has 1 aliphatic carbocycles. The molecule has 0 heterocycles. The molecular weight excluding hydrogens is 188 g/mol. The van der Waals surface area contributed by atoms with Crippen LogP contribution in [0.15, 0.2) is 0 Å². The SMILES string of the molecule is NC1(N)CCCCC1.O=C(O)C(=O)O. The molecule has 6 N–H and O–H groups in total. The molecule has 1 saturated carbocycles. The van der Waals surface area contributed by atoms with E-state index in [4.69, 9.17) is 31.3 Å². The molecule has 6 heteroatoms. The summed E-state index contributed by atoms with van der Waals surface area (Å²) in [5.41, 5.74) is 11.0. The molecule has 1 fully saturated rings. The Balaban J connectivity index is 0.000000255. The molecule has 0 bridgehead atoms. The third kappa shape index (κ3) is 6.38. The Kier molecular flexibility index (Phi) is 5.11. The summed E-state index contributed by atoms with van der Waals surface area (Å²) in [5.74, 6) is -3.65. The average molecular weight is 204 g/mol. The van der Waals surface area contributed by atoms with E-state index in [1.54, 1.807) is 0 Å². The second kappa shape index (κ2) is 5.56. The summed E-state index contributed by atoms with van der Waals surface area (Å²) >= 11 is 0. The normalized spacial score (nSPS) is 19.0. The van der Waals surface area contributed by atoms with Crippen LogP contribution in [-0.2, 0) is 9.59 Å². The smallest absolute Gasteiger partial charge is 0.414 e. The fourth-order valence-corrected chi connectivity index (χ4v) is 1.21. The summed E-state index contributed by atoms with van der Waals surface area (Å²) in [4.78, 5) is 18.2. The molecule has 0 spiro atoms. The quantitative estimate of drug-likeness (QED) is 0.317. The summed E-state index contributed by atoms with van der Waals surface area (Å²) in [6, 6.07) is 0. The van der Waals surface area contributed by atoms with Gasteiger partial charge >= 0.3 is 11.9 Å². The first kappa shape index (κ1) is 12.9. The van der Waals surface area contributed by atoms with Crippen LogP contribution in [-0.4, -0.2) is 27.8 Å². The Labute approximate surface area is 81.9 Å². The maximum atomic E-state index is 9.10. The molecule has 0 saturated heterocycles. The van der Waals surface area contributed by atoms with Crippen LogP contribution in [0.1, 0.15) is 32.1 Å². The van der Waals surface area contributed by atoms with Crippen molar-refractivity contribution in [3.8, 4) is 0 Å². The third-order valence-corrected chi connectivity index (χ3v) is 1.97. The van der Waals surface area contributed by atoms with Crippen molar-refractivity contribution in [1.29, 1.82) is 0 Å². The number of carboxylic acids is 2. The molecule has 0 aromatic heterocycles. The topological polar surface area (TPSA) is 127 Å². The van der Waals surface area contributed by atoms with Crippen LogP contribution in [0, 0.1) is 0 Å². The predicted molar refractivity (Wildman–Crippen MR) is 49.5 cm³/mol. The number of hydrogen-bond acceptors (Lipinski definition) is 4. The lowest BCUT2D eigenvalue weighted by atomic mass is 9.91. The zero-order valence-corrected chi connectivity index (χ0v) is 7.90. The van der Waals surface area contributed by atoms with Gasteiger partial charge in [0.05, 0.1) is 5.66 Å². The van der Waals surface area contributed by atoms with Gasteiger partial charge in [-0.25, -0.2) is 9.59 Å². The minimum absolute atomic E-state index is 0.321. The van der Waals surface area contributed by atoms with Crippen molar-refractivity contribution < 1.29 is 19.8 Å². The zero-order chi connectivity index (χ0) is 11.2. The van der Waals surface area contributed by atoms with Crippen molar-refractivity contribution >= 4 is 11.9 Å². The molecule has 0 amide bonds. The molecule has 0 atom stereocenters. The van der Waals surface area contributed by atoms with Crippen LogP contribution < -0.4 is 11.5 Å². The van der Waals surface area contributed by atoms with Crippen molar-refractivity contribution in [3.05, 3.63) is 0 Å². The Hall–Kier alpha value is -1.14. The third-order valence-electron chi connectivity index (χ3n) is 1.97. The number of aliphatic carboxylic acids is 2. The van der Waals surface area contributed by atoms with Gasteiger partial charge in [0.1, 0.15) is 0 Å². The molecule has 0 aromatic carbocycles. The fraction of sp³-hybridized carbons (Fsp3) is 0.750. The Morgan fingerprint density at radius 2 is 1.29 bits per heavy atom. The van der Waals surface area contributed by atoms with Gasteiger partial charge in [-0.3, -0.25) is 0 Å². The molecule has 82 valence electrons. The summed E-state index contributed by atoms with van der Waals surface area (Å²) in [6.45, 7) is 0. The maximum absolute atomic E-state index is 9.10. The van der Waals surface area contributed by atoms with E-state index in [9.17, 15) is 0 Å². The van der Waals surface area contributed by atoms with Crippen LogP contribution in [0.5, 0.6) is 0 Å². The predicted octanol–water partition coefficient (Wildman–Crippen LogP) is -0.280. The molecular formula is C8H16N2O4. The van der Waals surface area contributed by atoms with Gasteiger partial charge in [-0.2, -0.15) is 0 Å². The Bertz CT molecular complexity index is 195. The van der Waals surface area contributed by atoms with Gasteiger partial charge < -0.3 is 21.7 Å². The Morgan fingerprint density at radius 1 is 0.929 bits per heavy atom. The van der Waals surface area contributed by atoms with E-state index < -0.39 is 11.9 Å². The van der Waals surface area contributed by atoms with E-state index in [-0.39, 0.29) is 5.66 Å². The second-order valence-electron chi connectivity index (χ2n) is 3.40. The van der Waals surface area contributed by atoms with Gasteiger partial charge in [0, 0.05) is 0 Å². The van der Waals surface area contributed by atoms with E-state index in [1.165, 1.54) is 19.3 Å². The first-order chi connectivity index (χ1) is 6.35. The van der Waals surface area contributed by atoms with Gasteiger partial charge in [-0.15, -0.1) is 0 Å². The molecule has 1 rings (SSSR count). The van der Waals surface area contributed by atoms with Gasteiger partial charge in [-0.1, -0.05) is 19.3 Å². The zero-order valence-electron chi connectivity index (χ0n) is 7.90. The van der Waals surface area contributed by atoms with Crippen molar-refractivity contribution in [1.82, 2.24) is 0 Å². The minimum atomic E-state index is -1.82. The van der Waals surface area contributed by atoms with Crippen molar-refractivity contribution in [2.45, 2.75) is 37.8 Å². The lowest BCUT2D eigenvalue weighted by Gasteiger charge is -2.28. The summed E-state index contributed by atoms with van der Waals surface area (Å²) in [5, 5.41) is 14.8. The lowest BCUT2D eigenvalue weighted by molar-refractivity contribution is -0.159. The van der Waals surface area contributed by atoms with Gasteiger partial charge in [0.2, 0.25) is 0 Å². The Morgan fingerprint density at radius 3 is 1.43 bits per heavy atom. The van der Waals surface area contributed by atoms with E-state index in [2.05, 4.69) is 0 Å². The molecule has 0 radical (unpaired) electrons. The van der Waals surface area contributed by atoms with Crippen molar-refractivity contribution in [2.24, 2.45) is 11.5 Å². The highest BCUT2D eigenvalue weighted by Gasteiger charge is 2.21. The first-order valence-electron chi connectivity index (χ1n) is 4.39. The van der Waals surface area contributed by atoms with Crippen LogP contribution in [0.4, 0.5) is 0 Å². The minimum Gasteiger partial charge on any atom is -0.473 e. The average Bonchev–Trinajstić information content (AvgIpc) is 2.04. The van der Waals surface area contributed by atoms with E-state index >= 15 is 0 Å². The van der Waals surface area contributed by atoms with Crippen molar-refractivity contribution in [3.63, 3.8) is 0 Å². The molecule has 0 unspecified atom stereocenters. The van der Waals surface area contributed by atoms with E-state index in [1.807, 2.05) is 0 Å². The molecule has 0 aromatic rings. The van der Waals surface area contributed by atoms with Crippen LogP contribution in [0.3, 0.4) is 0 Å². The monoisotopic (exact) mass is 204 g/mol. The highest BCUT2D eigenvalue weighted by molar-refractivity contribution is 6.27. The number of nitrogens with two attached hydrogens (primary N) is 2. The second-order valence-corrected chi connectivity index (χ2v) is 3.40. The van der Waals surface area contributed by atoms with Crippen LogP contribution in [0.2, 0.25) is 0 Å². The van der Waals surface area contributed by atoms with Crippen LogP contribution >= 0.6 is 0 Å².